The summed E-state index contributed by atoms with van der Waals surface area (Å²) < 4.78 is 5.14. The maximum absolute atomic E-state index is 12.3. The van der Waals surface area contributed by atoms with Crippen LogP contribution in [0.2, 0.25) is 0 Å². The summed E-state index contributed by atoms with van der Waals surface area (Å²) in [6.07, 6.45) is 0.284. The van der Waals surface area contributed by atoms with Crippen molar-refractivity contribution in [1.29, 1.82) is 0 Å². The molecule has 3 amide bonds. The van der Waals surface area contributed by atoms with E-state index in [-0.39, 0.29) is 24.4 Å². The number of carbonyl (C=O) groups is 2. The van der Waals surface area contributed by atoms with Crippen LogP contribution in [0, 0.1) is 13.8 Å². The summed E-state index contributed by atoms with van der Waals surface area (Å²) in [5.41, 5.74) is 3.65. The van der Waals surface area contributed by atoms with Gasteiger partial charge in [-0.2, -0.15) is 0 Å². The third kappa shape index (κ3) is 3.96. The van der Waals surface area contributed by atoms with Crippen LogP contribution in [0.1, 0.15) is 17.5 Å². The number of urea groups is 1. The number of anilines is 2. The minimum atomic E-state index is -0.298. The van der Waals surface area contributed by atoms with Gasteiger partial charge in [0.05, 0.1) is 13.2 Å². The molecule has 0 unspecified atom stereocenters. The van der Waals surface area contributed by atoms with Crippen molar-refractivity contribution in [3.63, 3.8) is 0 Å². The summed E-state index contributed by atoms with van der Waals surface area (Å²) in [6.45, 7) is 4.37. The molecule has 2 N–H and O–H groups in total. The zero-order chi connectivity index (χ0) is 18.7. The number of hydrogen-bond acceptors (Lipinski definition) is 3. The maximum Gasteiger partial charge on any atom is 0.319 e. The molecule has 1 fully saturated rings. The van der Waals surface area contributed by atoms with Crippen LogP contribution in [0.15, 0.2) is 42.5 Å². The molecule has 1 saturated heterocycles. The average Bonchev–Trinajstić information content (AvgIpc) is 2.98. The van der Waals surface area contributed by atoms with Crippen LogP contribution >= 0.6 is 0 Å². The van der Waals surface area contributed by atoms with Crippen molar-refractivity contribution in [2.75, 3.05) is 23.9 Å². The Morgan fingerprint density at radius 2 is 1.88 bits per heavy atom. The normalized spacial score (nSPS) is 16.5. The highest BCUT2D eigenvalue weighted by Crippen LogP contribution is 2.24. The van der Waals surface area contributed by atoms with Gasteiger partial charge in [0, 0.05) is 24.3 Å². The van der Waals surface area contributed by atoms with Gasteiger partial charge in [0.15, 0.2) is 0 Å². The first-order valence-corrected chi connectivity index (χ1v) is 8.55. The summed E-state index contributed by atoms with van der Waals surface area (Å²) >= 11 is 0. The van der Waals surface area contributed by atoms with Gasteiger partial charge in [-0.3, -0.25) is 4.79 Å². The number of carbonyl (C=O) groups excluding carboxylic acids is 2. The molecule has 1 atom stereocenters. The Bertz CT molecular complexity index is 818. The van der Waals surface area contributed by atoms with E-state index in [1.54, 1.807) is 12.0 Å². The van der Waals surface area contributed by atoms with E-state index in [9.17, 15) is 9.59 Å². The molecule has 6 heteroatoms. The Morgan fingerprint density at radius 3 is 2.58 bits per heavy atom. The zero-order valence-corrected chi connectivity index (χ0v) is 15.2. The number of hydrogen-bond donors (Lipinski definition) is 2. The minimum absolute atomic E-state index is 0.00722. The highest BCUT2D eigenvalue weighted by Gasteiger charge is 2.31. The molecule has 1 aliphatic rings. The van der Waals surface area contributed by atoms with E-state index in [0.29, 0.717) is 6.54 Å². The molecule has 136 valence electrons. The van der Waals surface area contributed by atoms with Crippen LogP contribution in [0.25, 0.3) is 0 Å². The molecule has 2 aromatic carbocycles. The molecule has 3 rings (SSSR count). The molecule has 2 aromatic rings. The molecule has 0 radical (unpaired) electrons. The monoisotopic (exact) mass is 353 g/mol. The predicted octanol–water partition coefficient (Wildman–Crippen LogP) is 3.24. The average molecular weight is 353 g/mol. The van der Waals surface area contributed by atoms with Crippen LogP contribution in [0.3, 0.4) is 0 Å². The molecule has 6 nitrogen and oxygen atoms in total. The summed E-state index contributed by atoms with van der Waals surface area (Å²) in [6, 6.07) is 12.7. The lowest BCUT2D eigenvalue weighted by atomic mass is 10.1. The fourth-order valence-electron chi connectivity index (χ4n) is 3.03. The third-order valence-corrected chi connectivity index (χ3v) is 4.49. The summed E-state index contributed by atoms with van der Waals surface area (Å²) in [7, 11) is 1.60. The van der Waals surface area contributed by atoms with Crippen molar-refractivity contribution in [3.8, 4) is 5.75 Å². The van der Waals surface area contributed by atoms with Gasteiger partial charge in [-0.25, -0.2) is 4.79 Å². The van der Waals surface area contributed by atoms with Crippen molar-refractivity contribution in [2.45, 2.75) is 26.3 Å². The van der Waals surface area contributed by atoms with Crippen molar-refractivity contribution >= 4 is 23.3 Å². The summed E-state index contributed by atoms with van der Waals surface area (Å²) in [5.74, 6) is 0.732. The number of amides is 3. The standard InChI is InChI=1S/C20H23N3O3/c1-13-4-5-14(2)18(10-13)22-20(25)21-15-11-19(24)23(12-15)16-6-8-17(26-3)9-7-16/h4-10,15H,11-12H2,1-3H3,(H2,21,22,25)/t15-/m1/s1. The zero-order valence-electron chi connectivity index (χ0n) is 15.2. The first-order chi connectivity index (χ1) is 12.5. The summed E-state index contributed by atoms with van der Waals surface area (Å²) in [5, 5.41) is 5.76. The third-order valence-electron chi connectivity index (χ3n) is 4.49. The highest BCUT2D eigenvalue weighted by atomic mass is 16.5. The lowest BCUT2D eigenvalue weighted by Crippen LogP contribution is -2.39. The van der Waals surface area contributed by atoms with Gasteiger partial charge in [0.2, 0.25) is 5.91 Å². The Kier molecular flexibility index (Phi) is 5.11. The van der Waals surface area contributed by atoms with E-state index in [2.05, 4.69) is 10.6 Å². The van der Waals surface area contributed by atoms with Crippen LogP contribution in [0.4, 0.5) is 16.2 Å². The second-order valence-corrected chi connectivity index (χ2v) is 6.52. The SMILES string of the molecule is COc1ccc(N2C[C@H](NC(=O)Nc3cc(C)ccc3C)CC2=O)cc1. The predicted molar refractivity (Wildman–Crippen MR) is 102 cm³/mol. The van der Waals surface area contributed by atoms with E-state index in [1.807, 2.05) is 56.3 Å². The molecule has 0 bridgehead atoms. The molecule has 0 spiro atoms. The largest absolute Gasteiger partial charge is 0.497 e. The van der Waals surface area contributed by atoms with E-state index >= 15 is 0 Å². The second-order valence-electron chi connectivity index (χ2n) is 6.52. The van der Waals surface area contributed by atoms with E-state index in [0.717, 1.165) is 28.3 Å². The number of nitrogens with zero attached hydrogens (tertiary/aromatic N) is 1. The number of ether oxygens (including phenoxy) is 1. The molecule has 26 heavy (non-hydrogen) atoms. The number of nitrogens with one attached hydrogen (secondary N) is 2. The van der Waals surface area contributed by atoms with Gasteiger partial charge in [0.1, 0.15) is 5.75 Å². The number of methoxy groups -OCH3 is 1. The quantitative estimate of drug-likeness (QED) is 0.886. The number of benzene rings is 2. The molecule has 0 aliphatic carbocycles. The van der Waals surface area contributed by atoms with Gasteiger partial charge in [-0.05, 0) is 55.3 Å². The van der Waals surface area contributed by atoms with Crippen LogP contribution < -0.4 is 20.3 Å². The van der Waals surface area contributed by atoms with E-state index < -0.39 is 0 Å². The van der Waals surface area contributed by atoms with Gasteiger partial charge in [-0.1, -0.05) is 12.1 Å². The molecular weight excluding hydrogens is 330 g/mol. The van der Waals surface area contributed by atoms with Gasteiger partial charge in [0.25, 0.3) is 0 Å². The van der Waals surface area contributed by atoms with Gasteiger partial charge < -0.3 is 20.3 Å². The first-order valence-electron chi connectivity index (χ1n) is 8.55. The number of aryl methyl sites for hydroxylation is 2. The molecule has 0 aromatic heterocycles. The molecule has 1 aliphatic heterocycles. The van der Waals surface area contributed by atoms with Gasteiger partial charge in [-0.15, -0.1) is 0 Å². The topological polar surface area (TPSA) is 70.7 Å². The van der Waals surface area contributed by atoms with Crippen LogP contribution in [0.5, 0.6) is 5.75 Å². The van der Waals surface area contributed by atoms with Gasteiger partial charge >= 0.3 is 6.03 Å². The minimum Gasteiger partial charge on any atom is -0.497 e. The van der Waals surface area contributed by atoms with Crippen molar-refractivity contribution in [1.82, 2.24) is 5.32 Å². The fourth-order valence-corrected chi connectivity index (χ4v) is 3.03. The Balaban J connectivity index is 1.61. The van der Waals surface area contributed by atoms with E-state index in [4.69, 9.17) is 4.74 Å². The molecule has 1 heterocycles. The summed E-state index contributed by atoms with van der Waals surface area (Å²) in [4.78, 5) is 26.3. The Labute approximate surface area is 153 Å². The number of rotatable bonds is 4. The van der Waals surface area contributed by atoms with E-state index in [1.165, 1.54) is 0 Å². The van der Waals surface area contributed by atoms with Crippen molar-refractivity contribution in [3.05, 3.63) is 53.6 Å². The maximum atomic E-state index is 12.3. The lowest BCUT2D eigenvalue weighted by Gasteiger charge is -2.18. The van der Waals surface area contributed by atoms with Crippen LogP contribution in [-0.4, -0.2) is 31.6 Å². The lowest BCUT2D eigenvalue weighted by molar-refractivity contribution is -0.117. The van der Waals surface area contributed by atoms with Crippen molar-refractivity contribution < 1.29 is 14.3 Å². The smallest absolute Gasteiger partial charge is 0.319 e. The van der Waals surface area contributed by atoms with Crippen molar-refractivity contribution in [2.24, 2.45) is 0 Å². The Morgan fingerprint density at radius 1 is 1.15 bits per heavy atom. The Hall–Kier alpha value is -3.02. The molecule has 0 saturated carbocycles. The molecular formula is C20H23N3O3. The first kappa shape index (κ1) is 17.8. The fraction of sp³-hybridized carbons (Fsp3) is 0.300. The second kappa shape index (κ2) is 7.47. The highest BCUT2D eigenvalue weighted by molar-refractivity contribution is 5.97. The van der Waals surface area contributed by atoms with Crippen LogP contribution in [-0.2, 0) is 4.79 Å².